The van der Waals surface area contributed by atoms with Crippen LogP contribution in [-0.4, -0.2) is 35.6 Å². The quantitative estimate of drug-likeness (QED) is 0.859. The minimum absolute atomic E-state index is 0.144. The Bertz CT molecular complexity index is 590. The van der Waals surface area contributed by atoms with Crippen molar-refractivity contribution in [2.75, 3.05) is 0 Å². The molecule has 1 aliphatic heterocycles. The Morgan fingerprint density at radius 1 is 1.26 bits per heavy atom. The summed E-state index contributed by atoms with van der Waals surface area (Å²) in [5, 5.41) is 11.2. The molecule has 0 bridgehead atoms. The van der Waals surface area contributed by atoms with Gasteiger partial charge in [-0.3, -0.25) is 4.79 Å². The number of para-hydroxylation sites is 1. The lowest BCUT2D eigenvalue weighted by Crippen LogP contribution is -2.35. The lowest BCUT2D eigenvalue weighted by atomic mass is 10.1. The maximum absolute atomic E-state index is 12.3. The van der Waals surface area contributed by atoms with Gasteiger partial charge >= 0.3 is 12.3 Å². The molecule has 1 heterocycles. The van der Waals surface area contributed by atoms with Crippen LogP contribution in [0.5, 0.6) is 5.75 Å². The summed E-state index contributed by atoms with van der Waals surface area (Å²) in [6, 6.07) is 5.42. The number of carboxylic acids is 1. The highest BCUT2D eigenvalue weighted by Gasteiger charge is 2.35. The number of alkyl halides is 3. The number of ether oxygens (including phenoxy) is 2. The largest absolute Gasteiger partial charge is 0.573 e. The Balaban J connectivity index is 1.94. The molecule has 23 heavy (non-hydrogen) atoms. The number of hydrogen-bond acceptors (Lipinski definition) is 4. The fraction of sp³-hybridized carbons (Fsp3) is 0.429. The van der Waals surface area contributed by atoms with E-state index < -0.39 is 36.2 Å². The van der Waals surface area contributed by atoms with Crippen LogP contribution in [0.3, 0.4) is 0 Å². The first-order valence-corrected chi connectivity index (χ1v) is 6.76. The first kappa shape index (κ1) is 17.1. The maximum Gasteiger partial charge on any atom is 0.573 e. The maximum atomic E-state index is 12.3. The first-order valence-electron chi connectivity index (χ1n) is 6.76. The molecule has 6 nitrogen and oxygen atoms in total. The van der Waals surface area contributed by atoms with Gasteiger partial charge in [-0.25, -0.2) is 4.79 Å². The highest BCUT2D eigenvalue weighted by atomic mass is 19.4. The van der Waals surface area contributed by atoms with Crippen molar-refractivity contribution in [1.82, 2.24) is 5.32 Å². The summed E-state index contributed by atoms with van der Waals surface area (Å²) in [6.07, 6.45) is -6.34. The summed E-state index contributed by atoms with van der Waals surface area (Å²) in [6.45, 7) is -0.192. The van der Waals surface area contributed by atoms with Gasteiger partial charge < -0.3 is 19.9 Å². The molecule has 0 saturated carbocycles. The predicted molar refractivity (Wildman–Crippen MR) is 70.5 cm³/mol. The normalized spacial score (nSPS) is 21.0. The average molecular weight is 333 g/mol. The van der Waals surface area contributed by atoms with E-state index in [1.165, 1.54) is 18.2 Å². The van der Waals surface area contributed by atoms with E-state index in [1.54, 1.807) is 0 Å². The van der Waals surface area contributed by atoms with E-state index in [9.17, 15) is 22.8 Å². The van der Waals surface area contributed by atoms with E-state index in [0.29, 0.717) is 0 Å². The fourth-order valence-electron chi connectivity index (χ4n) is 2.18. The standard InChI is InChI=1S/C14H14F3NO5/c15-14(16,17)23-9-4-2-1-3-8(9)7-18-12(19)10-5-6-11(22-10)13(20)21/h1-4,10-11H,5-7H2,(H,18,19)(H,20,21)/t10-,11+/m0/s1. The fourth-order valence-corrected chi connectivity index (χ4v) is 2.18. The van der Waals surface area contributed by atoms with Crippen molar-refractivity contribution in [3.05, 3.63) is 29.8 Å². The van der Waals surface area contributed by atoms with Crippen molar-refractivity contribution in [3.8, 4) is 5.75 Å². The summed E-state index contributed by atoms with van der Waals surface area (Å²) in [7, 11) is 0. The summed E-state index contributed by atoms with van der Waals surface area (Å²) in [5.41, 5.74) is 0.144. The second-order valence-corrected chi connectivity index (χ2v) is 4.90. The molecule has 1 amide bonds. The number of nitrogens with one attached hydrogen (secondary N) is 1. The van der Waals surface area contributed by atoms with E-state index in [-0.39, 0.29) is 24.9 Å². The van der Waals surface area contributed by atoms with Crippen molar-refractivity contribution in [3.63, 3.8) is 0 Å². The molecule has 2 rings (SSSR count). The summed E-state index contributed by atoms with van der Waals surface area (Å²) >= 11 is 0. The Hall–Kier alpha value is -2.29. The third-order valence-corrected chi connectivity index (χ3v) is 3.24. The third-order valence-electron chi connectivity index (χ3n) is 3.24. The number of carbonyl (C=O) groups excluding carboxylic acids is 1. The molecule has 0 aliphatic carbocycles. The van der Waals surface area contributed by atoms with Crippen LogP contribution in [0.25, 0.3) is 0 Å². The van der Waals surface area contributed by atoms with Crippen molar-refractivity contribution in [2.45, 2.75) is 38.0 Å². The minimum Gasteiger partial charge on any atom is -0.479 e. The van der Waals surface area contributed by atoms with Gasteiger partial charge in [0.1, 0.15) is 11.9 Å². The summed E-state index contributed by atoms with van der Waals surface area (Å²) in [5.74, 6) is -2.13. The second-order valence-electron chi connectivity index (χ2n) is 4.90. The Kier molecular flexibility index (Phi) is 5.09. The molecule has 1 saturated heterocycles. The van der Waals surface area contributed by atoms with Gasteiger partial charge in [0.2, 0.25) is 5.91 Å². The SMILES string of the molecule is O=C(NCc1ccccc1OC(F)(F)F)[C@@H]1CC[C@H](C(=O)O)O1. The molecule has 0 spiro atoms. The second kappa shape index (κ2) is 6.86. The molecular weight excluding hydrogens is 319 g/mol. The van der Waals surface area contributed by atoms with E-state index in [0.717, 1.165) is 6.07 Å². The zero-order chi connectivity index (χ0) is 17.0. The van der Waals surface area contributed by atoms with Crippen LogP contribution in [0.4, 0.5) is 13.2 Å². The molecule has 1 aromatic carbocycles. The summed E-state index contributed by atoms with van der Waals surface area (Å²) in [4.78, 5) is 22.6. The Morgan fingerprint density at radius 2 is 1.91 bits per heavy atom. The van der Waals surface area contributed by atoms with Gasteiger partial charge in [0.25, 0.3) is 0 Å². The zero-order valence-corrected chi connectivity index (χ0v) is 11.8. The highest BCUT2D eigenvalue weighted by molar-refractivity contribution is 5.82. The van der Waals surface area contributed by atoms with Crippen molar-refractivity contribution < 1.29 is 37.3 Å². The van der Waals surface area contributed by atoms with Gasteiger partial charge in [-0.2, -0.15) is 0 Å². The Labute approximate surface area is 129 Å². The number of carbonyl (C=O) groups is 2. The van der Waals surface area contributed by atoms with Gasteiger partial charge in [-0.05, 0) is 18.9 Å². The molecule has 1 aliphatic rings. The molecule has 0 aromatic heterocycles. The van der Waals surface area contributed by atoms with Crippen molar-refractivity contribution in [2.24, 2.45) is 0 Å². The van der Waals surface area contributed by atoms with Gasteiger partial charge in [-0.1, -0.05) is 18.2 Å². The average Bonchev–Trinajstić information content (AvgIpc) is 2.94. The molecule has 1 fully saturated rings. The van der Waals surface area contributed by atoms with Crippen molar-refractivity contribution in [1.29, 1.82) is 0 Å². The van der Waals surface area contributed by atoms with Gasteiger partial charge in [0.05, 0.1) is 0 Å². The number of halogens is 3. The van der Waals surface area contributed by atoms with Gasteiger partial charge in [0.15, 0.2) is 6.10 Å². The number of aliphatic carboxylic acids is 1. The van der Waals surface area contributed by atoms with Crippen LogP contribution in [0.2, 0.25) is 0 Å². The minimum atomic E-state index is -4.83. The van der Waals surface area contributed by atoms with E-state index in [1.807, 2.05) is 0 Å². The van der Waals surface area contributed by atoms with Crippen LogP contribution in [0, 0.1) is 0 Å². The van der Waals surface area contributed by atoms with Crippen LogP contribution >= 0.6 is 0 Å². The third kappa shape index (κ3) is 4.85. The Morgan fingerprint density at radius 3 is 2.52 bits per heavy atom. The van der Waals surface area contributed by atoms with E-state index in [4.69, 9.17) is 9.84 Å². The number of benzene rings is 1. The number of rotatable bonds is 5. The lowest BCUT2D eigenvalue weighted by Gasteiger charge is -2.15. The molecule has 0 unspecified atom stereocenters. The van der Waals surface area contributed by atoms with Crippen LogP contribution < -0.4 is 10.1 Å². The molecule has 0 radical (unpaired) electrons. The molecule has 1 aromatic rings. The monoisotopic (exact) mass is 333 g/mol. The molecule has 9 heteroatoms. The topological polar surface area (TPSA) is 84.9 Å². The summed E-state index contributed by atoms with van der Waals surface area (Å²) < 4.78 is 45.8. The van der Waals surface area contributed by atoms with Crippen LogP contribution in [0.1, 0.15) is 18.4 Å². The number of carboxylic acid groups (broad SMARTS) is 1. The van der Waals surface area contributed by atoms with Crippen LogP contribution in [-0.2, 0) is 20.9 Å². The van der Waals surface area contributed by atoms with Crippen molar-refractivity contribution >= 4 is 11.9 Å². The zero-order valence-electron chi connectivity index (χ0n) is 11.8. The number of hydrogen-bond donors (Lipinski definition) is 2. The lowest BCUT2D eigenvalue weighted by molar-refractivity contribution is -0.274. The smallest absolute Gasteiger partial charge is 0.479 e. The molecule has 2 atom stereocenters. The number of amides is 1. The first-order chi connectivity index (χ1) is 10.8. The molecule has 126 valence electrons. The van der Waals surface area contributed by atoms with Gasteiger partial charge in [0, 0.05) is 12.1 Å². The molecule has 2 N–H and O–H groups in total. The van der Waals surface area contributed by atoms with Gasteiger partial charge in [-0.15, -0.1) is 13.2 Å². The molecular formula is C14H14F3NO5. The van der Waals surface area contributed by atoms with Crippen LogP contribution in [0.15, 0.2) is 24.3 Å². The predicted octanol–water partition coefficient (Wildman–Crippen LogP) is 1.83. The van der Waals surface area contributed by atoms with E-state index >= 15 is 0 Å². The highest BCUT2D eigenvalue weighted by Crippen LogP contribution is 2.26. The van der Waals surface area contributed by atoms with E-state index in [2.05, 4.69) is 10.1 Å².